The van der Waals surface area contributed by atoms with Crippen LogP contribution in [0.3, 0.4) is 0 Å². The minimum atomic E-state index is -1.24. The quantitative estimate of drug-likeness (QED) is 0.619. The third-order valence-electron chi connectivity index (χ3n) is 2.60. The van der Waals surface area contributed by atoms with Crippen LogP contribution in [0.1, 0.15) is 0 Å². The number of carboxylic acid groups (broad SMARTS) is 1. The van der Waals surface area contributed by atoms with E-state index in [-0.39, 0.29) is 17.3 Å². The second-order valence-electron chi connectivity index (χ2n) is 4.22. The van der Waals surface area contributed by atoms with Gasteiger partial charge in [-0.3, -0.25) is 14.9 Å². The molecule has 8 nitrogen and oxygen atoms in total. The summed E-state index contributed by atoms with van der Waals surface area (Å²) in [6.45, 7) is -0.583. The Morgan fingerprint density at radius 2 is 2.09 bits per heavy atom. The zero-order valence-electron chi connectivity index (χ0n) is 11.3. The van der Waals surface area contributed by atoms with E-state index in [2.05, 4.69) is 10.3 Å². The number of halogens is 2. The number of nitrogens with one attached hydrogen (secondary N) is 1. The third-order valence-corrected chi connectivity index (χ3v) is 2.60. The standard InChI is InChI=1S/C13H9F2N3O5/c14-8-4-11(9(15)3-10(8)16-6-13(19)20)23-12-2-1-7(5-17-12)18(21)22/h1-5,16H,6H2,(H,19,20). The molecule has 0 atom stereocenters. The molecule has 0 amide bonds. The highest BCUT2D eigenvalue weighted by molar-refractivity contribution is 5.72. The summed E-state index contributed by atoms with van der Waals surface area (Å²) in [5, 5.41) is 21.2. The van der Waals surface area contributed by atoms with Crippen molar-refractivity contribution in [2.24, 2.45) is 0 Å². The van der Waals surface area contributed by atoms with Gasteiger partial charge in [0.15, 0.2) is 11.6 Å². The Bertz CT molecular complexity index is 752. The minimum Gasteiger partial charge on any atom is -0.480 e. The van der Waals surface area contributed by atoms with Gasteiger partial charge in [-0.1, -0.05) is 0 Å². The van der Waals surface area contributed by atoms with Gasteiger partial charge in [-0.05, 0) is 0 Å². The van der Waals surface area contributed by atoms with Gasteiger partial charge in [0, 0.05) is 24.3 Å². The Labute approximate surface area is 127 Å². The summed E-state index contributed by atoms with van der Waals surface area (Å²) < 4.78 is 32.6. The van der Waals surface area contributed by atoms with E-state index in [0.29, 0.717) is 6.07 Å². The predicted octanol–water partition coefficient (Wildman–Crippen LogP) is 2.56. The molecule has 2 N–H and O–H groups in total. The van der Waals surface area contributed by atoms with E-state index in [0.717, 1.165) is 24.4 Å². The molecular formula is C13H9F2N3O5. The number of rotatable bonds is 6. The van der Waals surface area contributed by atoms with Crippen molar-refractivity contribution in [1.29, 1.82) is 0 Å². The van der Waals surface area contributed by atoms with Gasteiger partial charge in [-0.15, -0.1) is 0 Å². The highest BCUT2D eigenvalue weighted by Gasteiger charge is 2.14. The van der Waals surface area contributed by atoms with Crippen LogP contribution in [0.15, 0.2) is 30.5 Å². The van der Waals surface area contributed by atoms with Crippen LogP contribution in [0.25, 0.3) is 0 Å². The highest BCUT2D eigenvalue weighted by atomic mass is 19.1. The second-order valence-corrected chi connectivity index (χ2v) is 4.22. The predicted molar refractivity (Wildman–Crippen MR) is 73.4 cm³/mol. The molecule has 0 fully saturated rings. The normalized spacial score (nSPS) is 10.2. The molecule has 0 aliphatic rings. The Hall–Kier alpha value is -3.30. The van der Waals surface area contributed by atoms with E-state index in [9.17, 15) is 23.7 Å². The Morgan fingerprint density at radius 1 is 1.35 bits per heavy atom. The SMILES string of the molecule is O=C(O)CNc1cc(F)c(Oc2ccc([N+](=O)[O-])cn2)cc1F. The van der Waals surface area contributed by atoms with Crippen LogP contribution in [0, 0.1) is 21.7 Å². The van der Waals surface area contributed by atoms with E-state index >= 15 is 0 Å². The number of nitro groups is 1. The van der Waals surface area contributed by atoms with Gasteiger partial charge in [-0.2, -0.15) is 0 Å². The number of anilines is 1. The van der Waals surface area contributed by atoms with Crippen molar-refractivity contribution in [3.63, 3.8) is 0 Å². The maximum atomic E-state index is 13.8. The van der Waals surface area contributed by atoms with Gasteiger partial charge in [0.05, 0.1) is 10.6 Å². The number of carboxylic acids is 1. The molecule has 10 heteroatoms. The molecule has 0 bridgehead atoms. The summed E-state index contributed by atoms with van der Waals surface area (Å²) >= 11 is 0. The van der Waals surface area contributed by atoms with E-state index in [1.54, 1.807) is 0 Å². The van der Waals surface area contributed by atoms with Gasteiger partial charge < -0.3 is 15.2 Å². The molecule has 120 valence electrons. The summed E-state index contributed by atoms with van der Waals surface area (Å²) in [6.07, 6.45) is 0.909. The third kappa shape index (κ3) is 4.09. The fraction of sp³-hybridized carbons (Fsp3) is 0.0769. The minimum absolute atomic E-state index is 0.167. The van der Waals surface area contributed by atoms with Gasteiger partial charge in [0.2, 0.25) is 5.88 Å². The van der Waals surface area contributed by atoms with Crippen molar-refractivity contribution in [3.8, 4) is 11.6 Å². The first-order valence-electron chi connectivity index (χ1n) is 6.10. The summed E-state index contributed by atoms with van der Waals surface area (Å²) in [4.78, 5) is 23.8. The first kappa shape index (κ1) is 16.1. The summed E-state index contributed by atoms with van der Waals surface area (Å²) in [5.74, 6) is -3.78. The first-order valence-corrected chi connectivity index (χ1v) is 6.10. The lowest BCUT2D eigenvalue weighted by molar-refractivity contribution is -0.385. The van der Waals surface area contributed by atoms with Gasteiger partial charge in [0.25, 0.3) is 5.69 Å². The molecule has 0 radical (unpaired) electrons. The Kier molecular flexibility index (Phi) is 4.64. The van der Waals surface area contributed by atoms with Crippen LogP contribution >= 0.6 is 0 Å². The maximum absolute atomic E-state index is 13.8. The van der Waals surface area contributed by atoms with Crippen LogP contribution in [0.2, 0.25) is 0 Å². The van der Waals surface area contributed by atoms with E-state index in [1.165, 1.54) is 0 Å². The van der Waals surface area contributed by atoms with Crippen LogP contribution in [0.4, 0.5) is 20.2 Å². The van der Waals surface area contributed by atoms with Gasteiger partial charge in [-0.25, -0.2) is 13.8 Å². The van der Waals surface area contributed by atoms with Crippen LogP contribution < -0.4 is 10.1 Å². The van der Waals surface area contributed by atoms with E-state index < -0.39 is 34.8 Å². The number of aromatic nitrogens is 1. The molecule has 0 aliphatic carbocycles. The summed E-state index contributed by atoms with van der Waals surface area (Å²) in [7, 11) is 0. The van der Waals surface area contributed by atoms with Crippen molar-refractivity contribution < 1.29 is 28.3 Å². The summed E-state index contributed by atoms with van der Waals surface area (Å²) in [5.41, 5.74) is -0.619. The first-order chi connectivity index (χ1) is 10.9. The van der Waals surface area contributed by atoms with Crippen LogP contribution in [-0.2, 0) is 4.79 Å². The van der Waals surface area contributed by atoms with Gasteiger partial charge in [0.1, 0.15) is 18.6 Å². The van der Waals surface area contributed by atoms with Crippen molar-refractivity contribution in [2.75, 3.05) is 11.9 Å². The molecule has 0 saturated carbocycles. The molecule has 1 heterocycles. The van der Waals surface area contributed by atoms with Crippen LogP contribution in [-0.4, -0.2) is 27.5 Å². The number of hydrogen-bond donors (Lipinski definition) is 2. The van der Waals surface area contributed by atoms with Crippen molar-refractivity contribution in [2.45, 2.75) is 0 Å². The Morgan fingerprint density at radius 3 is 2.65 bits per heavy atom. The molecule has 23 heavy (non-hydrogen) atoms. The molecule has 0 unspecified atom stereocenters. The zero-order chi connectivity index (χ0) is 17.0. The van der Waals surface area contributed by atoms with Crippen molar-refractivity contribution in [3.05, 3.63) is 52.2 Å². The highest BCUT2D eigenvalue weighted by Crippen LogP contribution is 2.28. The number of ether oxygens (including phenoxy) is 1. The maximum Gasteiger partial charge on any atom is 0.322 e. The number of hydrogen-bond acceptors (Lipinski definition) is 6. The lowest BCUT2D eigenvalue weighted by atomic mass is 10.2. The molecule has 0 saturated heterocycles. The number of pyridine rings is 1. The van der Waals surface area contributed by atoms with E-state index in [1.807, 2.05) is 0 Å². The molecule has 2 aromatic rings. The van der Waals surface area contributed by atoms with Gasteiger partial charge >= 0.3 is 5.97 Å². The monoisotopic (exact) mass is 325 g/mol. The molecule has 1 aromatic heterocycles. The zero-order valence-corrected chi connectivity index (χ0v) is 11.3. The number of carbonyl (C=O) groups is 1. The van der Waals surface area contributed by atoms with E-state index in [4.69, 9.17) is 9.84 Å². The van der Waals surface area contributed by atoms with Crippen LogP contribution in [0.5, 0.6) is 11.6 Å². The molecule has 0 aliphatic heterocycles. The molecule has 2 rings (SSSR count). The molecule has 0 spiro atoms. The number of aliphatic carboxylic acids is 1. The molecular weight excluding hydrogens is 316 g/mol. The van der Waals surface area contributed by atoms with Crippen molar-refractivity contribution >= 4 is 17.3 Å². The fourth-order valence-electron chi connectivity index (χ4n) is 1.57. The molecule has 1 aromatic carbocycles. The fourth-order valence-corrected chi connectivity index (χ4v) is 1.57. The lowest BCUT2D eigenvalue weighted by Gasteiger charge is -2.09. The smallest absolute Gasteiger partial charge is 0.322 e. The lowest BCUT2D eigenvalue weighted by Crippen LogP contribution is -2.13. The number of nitrogens with zero attached hydrogens (tertiary/aromatic N) is 2. The average molecular weight is 325 g/mol. The topological polar surface area (TPSA) is 115 Å². The van der Waals surface area contributed by atoms with Crippen molar-refractivity contribution in [1.82, 2.24) is 4.98 Å². The average Bonchev–Trinajstić information content (AvgIpc) is 2.49. The Balaban J connectivity index is 2.18. The largest absolute Gasteiger partial charge is 0.480 e. The second kappa shape index (κ2) is 6.64. The summed E-state index contributed by atoms with van der Waals surface area (Å²) in [6, 6.07) is 3.67. The number of benzene rings is 1.